The molecule has 0 spiro atoms. The summed E-state index contributed by atoms with van der Waals surface area (Å²) in [5, 5.41) is 0. The number of benzene rings is 2. The molecular formula is C24H32N2O4. The van der Waals surface area contributed by atoms with E-state index in [4.69, 9.17) is 14.2 Å². The van der Waals surface area contributed by atoms with Crippen LogP contribution in [0.5, 0.6) is 17.2 Å². The maximum absolute atomic E-state index is 13.0. The molecule has 0 aromatic heterocycles. The molecule has 6 nitrogen and oxygen atoms in total. The van der Waals surface area contributed by atoms with E-state index in [1.165, 1.54) is 0 Å². The van der Waals surface area contributed by atoms with Crippen LogP contribution in [-0.2, 0) is 0 Å². The molecule has 1 fully saturated rings. The van der Waals surface area contributed by atoms with E-state index in [1.54, 1.807) is 13.2 Å². The van der Waals surface area contributed by atoms with Gasteiger partial charge in [-0.2, -0.15) is 0 Å². The number of hydrogen-bond acceptors (Lipinski definition) is 5. The summed E-state index contributed by atoms with van der Waals surface area (Å²) < 4.78 is 17.0. The summed E-state index contributed by atoms with van der Waals surface area (Å²) in [6, 6.07) is 13.5. The number of nitrogens with zero attached hydrogens (tertiary/aromatic N) is 2. The van der Waals surface area contributed by atoms with Gasteiger partial charge < -0.3 is 24.0 Å². The summed E-state index contributed by atoms with van der Waals surface area (Å²) in [6.07, 6.45) is 0. The van der Waals surface area contributed by atoms with Crippen molar-refractivity contribution in [1.29, 1.82) is 0 Å². The first-order valence-corrected chi connectivity index (χ1v) is 10.6. The van der Waals surface area contributed by atoms with Crippen molar-refractivity contribution in [2.75, 3.05) is 51.4 Å². The fraction of sp³-hybridized carbons (Fsp3) is 0.458. The molecule has 0 bridgehead atoms. The lowest BCUT2D eigenvalue weighted by Gasteiger charge is -2.36. The summed E-state index contributed by atoms with van der Waals surface area (Å²) in [7, 11) is 1.60. The maximum atomic E-state index is 13.0. The van der Waals surface area contributed by atoms with Crippen LogP contribution in [-0.4, -0.2) is 57.3 Å². The van der Waals surface area contributed by atoms with Gasteiger partial charge in [0.15, 0.2) is 11.5 Å². The van der Waals surface area contributed by atoms with Crippen molar-refractivity contribution in [2.45, 2.75) is 20.8 Å². The van der Waals surface area contributed by atoms with Gasteiger partial charge in [0.05, 0.1) is 26.0 Å². The number of carbonyl (C=O) groups excluding carboxylic acids is 1. The van der Waals surface area contributed by atoms with E-state index in [9.17, 15) is 4.79 Å². The molecular weight excluding hydrogens is 380 g/mol. The highest BCUT2D eigenvalue weighted by molar-refractivity contribution is 5.95. The zero-order valence-electron chi connectivity index (χ0n) is 18.4. The first-order chi connectivity index (χ1) is 14.5. The van der Waals surface area contributed by atoms with Crippen LogP contribution < -0.4 is 19.1 Å². The molecule has 2 aromatic carbocycles. The van der Waals surface area contributed by atoms with Crippen LogP contribution in [0.4, 0.5) is 5.69 Å². The molecule has 6 heteroatoms. The number of ether oxygens (including phenoxy) is 3. The van der Waals surface area contributed by atoms with E-state index in [0.29, 0.717) is 49.3 Å². The quantitative estimate of drug-likeness (QED) is 0.654. The number of amides is 1. The van der Waals surface area contributed by atoms with Crippen molar-refractivity contribution >= 4 is 11.6 Å². The highest BCUT2D eigenvalue weighted by atomic mass is 16.5. The lowest BCUT2D eigenvalue weighted by atomic mass is 10.1. The number of anilines is 1. The third-order valence-corrected chi connectivity index (χ3v) is 5.06. The molecule has 0 atom stereocenters. The minimum atomic E-state index is 0.0152. The largest absolute Gasteiger partial charge is 0.493 e. The Labute approximate surface area is 179 Å². The summed E-state index contributed by atoms with van der Waals surface area (Å²) in [6.45, 7) is 10.3. The second kappa shape index (κ2) is 10.2. The van der Waals surface area contributed by atoms with Crippen LogP contribution in [0, 0.1) is 5.92 Å². The first kappa shape index (κ1) is 21.8. The number of hydrogen-bond donors (Lipinski definition) is 0. The van der Waals surface area contributed by atoms with Crippen molar-refractivity contribution in [1.82, 2.24) is 4.90 Å². The number of piperazine rings is 1. The summed E-state index contributed by atoms with van der Waals surface area (Å²) in [5.74, 6) is 2.58. The van der Waals surface area contributed by atoms with E-state index in [1.807, 2.05) is 42.2 Å². The molecule has 3 rings (SSSR count). The van der Waals surface area contributed by atoms with Crippen LogP contribution in [0.25, 0.3) is 0 Å². The standard InChI is InChI=1S/C24H32N2O4/c1-5-29-21-9-7-6-8-20(21)25-12-14-26(15-13-25)24(27)19-10-11-22(23(16-19)28-4)30-17-18(2)3/h6-11,16,18H,5,12-15,17H2,1-4H3. The van der Waals surface area contributed by atoms with Crippen molar-refractivity contribution in [2.24, 2.45) is 5.92 Å². The molecule has 162 valence electrons. The maximum Gasteiger partial charge on any atom is 0.254 e. The van der Waals surface area contributed by atoms with Gasteiger partial charge in [-0.15, -0.1) is 0 Å². The zero-order chi connectivity index (χ0) is 21.5. The summed E-state index contributed by atoms with van der Waals surface area (Å²) >= 11 is 0. The number of rotatable bonds is 8. The molecule has 0 unspecified atom stereocenters. The third-order valence-electron chi connectivity index (χ3n) is 5.06. The molecule has 0 radical (unpaired) electrons. The Bertz CT molecular complexity index is 845. The highest BCUT2D eigenvalue weighted by Crippen LogP contribution is 2.31. The van der Waals surface area contributed by atoms with Gasteiger partial charge in [0.25, 0.3) is 5.91 Å². The predicted molar refractivity (Wildman–Crippen MR) is 119 cm³/mol. The average molecular weight is 413 g/mol. The normalized spacial score (nSPS) is 14.0. The minimum Gasteiger partial charge on any atom is -0.493 e. The van der Waals surface area contributed by atoms with Gasteiger partial charge in [-0.25, -0.2) is 0 Å². The van der Waals surface area contributed by atoms with E-state index in [0.717, 1.165) is 24.5 Å². The van der Waals surface area contributed by atoms with Crippen molar-refractivity contribution in [3.63, 3.8) is 0 Å². The third kappa shape index (κ3) is 5.17. The fourth-order valence-corrected chi connectivity index (χ4v) is 3.51. The fourth-order valence-electron chi connectivity index (χ4n) is 3.51. The Morgan fingerprint density at radius 2 is 1.70 bits per heavy atom. The lowest BCUT2D eigenvalue weighted by molar-refractivity contribution is 0.0746. The number of carbonyl (C=O) groups is 1. The number of para-hydroxylation sites is 2. The molecule has 0 aliphatic carbocycles. The van der Waals surface area contributed by atoms with Gasteiger partial charge in [-0.3, -0.25) is 4.79 Å². The first-order valence-electron chi connectivity index (χ1n) is 10.6. The van der Waals surface area contributed by atoms with Gasteiger partial charge in [-0.1, -0.05) is 26.0 Å². The molecule has 1 heterocycles. The van der Waals surface area contributed by atoms with Crippen LogP contribution in [0.3, 0.4) is 0 Å². The lowest BCUT2D eigenvalue weighted by Crippen LogP contribution is -2.48. The molecule has 30 heavy (non-hydrogen) atoms. The van der Waals surface area contributed by atoms with E-state index in [2.05, 4.69) is 24.8 Å². The molecule has 0 N–H and O–H groups in total. The highest BCUT2D eigenvalue weighted by Gasteiger charge is 2.24. The van der Waals surface area contributed by atoms with Gasteiger partial charge in [0.1, 0.15) is 5.75 Å². The van der Waals surface area contributed by atoms with Gasteiger partial charge >= 0.3 is 0 Å². The van der Waals surface area contributed by atoms with Crippen molar-refractivity contribution in [3.8, 4) is 17.2 Å². The molecule has 1 aliphatic heterocycles. The van der Waals surface area contributed by atoms with Crippen LogP contribution in [0.15, 0.2) is 42.5 Å². The predicted octanol–water partition coefficient (Wildman–Crippen LogP) is 4.09. The Balaban J connectivity index is 1.65. The molecule has 1 amide bonds. The second-order valence-corrected chi connectivity index (χ2v) is 7.75. The Morgan fingerprint density at radius 3 is 2.37 bits per heavy atom. The Morgan fingerprint density at radius 1 is 0.967 bits per heavy atom. The average Bonchev–Trinajstić information content (AvgIpc) is 2.78. The van der Waals surface area contributed by atoms with Gasteiger partial charge in [-0.05, 0) is 43.2 Å². The van der Waals surface area contributed by atoms with Gasteiger partial charge in [0.2, 0.25) is 0 Å². The van der Waals surface area contributed by atoms with Gasteiger partial charge in [0, 0.05) is 31.7 Å². The van der Waals surface area contributed by atoms with Crippen LogP contribution in [0.2, 0.25) is 0 Å². The Kier molecular flexibility index (Phi) is 7.44. The van der Waals surface area contributed by atoms with Crippen LogP contribution >= 0.6 is 0 Å². The second-order valence-electron chi connectivity index (χ2n) is 7.75. The number of methoxy groups -OCH3 is 1. The zero-order valence-corrected chi connectivity index (χ0v) is 18.4. The van der Waals surface area contributed by atoms with Crippen LogP contribution in [0.1, 0.15) is 31.1 Å². The molecule has 2 aromatic rings. The summed E-state index contributed by atoms with van der Waals surface area (Å²) in [4.78, 5) is 17.2. The molecule has 0 saturated carbocycles. The van der Waals surface area contributed by atoms with Crippen molar-refractivity contribution in [3.05, 3.63) is 48.0 Å². The van der Waals surface area contributed by atoms with E-state index >= 15 is 0 Å². The summed E-state index contributed by atoms with van der Waals surface area (Å²) in [5.41, 5.74) is 1.70. The minimum absolute atomic E-state index is 0.0152. The Hall–Kier alpha value is -2.89. The SMILES string of the molecule is CCOc1ccccc1N1CCN(C(=O)c2ccc(OCC(C)C)c(OC)c2)CC1. The smallest absolute Gasteiger partial charge is 0.254 e. The monoisotopic (exact) mass is 412 g/mol. The molecule has 1 saturated heterocycles. The molecule has 1 aliphatic rings. The topological polar surface area (TPSA) is 51.2 Å². The van der Waals surface area contributed by atoms with Crippen molar-refractivity contribution < 1.29 is 19.0 Å². The van der Waals surface area contributed by atoms with E-state index < -0.39 is 0 Å². The van der Waals surface area contributed by atoms with E-state index in [-0.39, 0.29) is 5.91 Å².